The Labute approximate surface area is 116 Å². The van der Waals surface area contributed by atoms with Crippen LogP contribution >= 0.6 is 11.3 Å². The zero-order chi connectivity index (χ0) is 13.9. The van der Waals surface area contributed by atoms with Crippen molar-refractivity contribution in [1.29, 1.82) is 0 Å². The lowest BCUT2D eigenvalue weighted by Gasteiger charge is -2.09. The van der Waals surface area contributed by atoms with E-state index in [0.29, 0.717) is 5.56 Å². The summed E-state index contributed by atoms with van der Waals surface area (Å²) in [4.78, 5) is 5.40. The second kappa shape index (κ2) is 5.79. The maximum absolute atomic E-state index is 12.2. The molecule has 1 aromatic carbocycles. The van der Waals surface area contributed by atoms with Crippen LogP contribution in [0.25, 0.3) is 0 Å². The molecule has 3 N–H and O–H groups in total. The van der Waals surface area contributed by atoms with Crippen LogP contribution in [0.2, 0.25) is 0 Å². The lowest BCUT2D eigenvalue weighted by Crippen LogP contribution is -2.24. The van der Waals surface area contributed by atoms with Crippen LogP contribution in [0.4, 0.5) is 0 Å². The molecule has 0 radical (unpaired) electrons. The van der Waals surface area contributed by atoms with Gasteiger partial charge in [0.1, 0.15) is 5.01 Å². The minimum absolute atomic E-state index is 0.188. The van der Waals surface area contributed by atoms with Gasteiger partial charge in [0.25, 0.3) is 0 Å². The van der Waals surface area contributed by atoms with Gasteiger partial charge < -0.3 is 5.73 Å². The van der Waals surface area contributed by atoms with Crippen molar-refractivity contribution in [2.75, 3.05) is 0 Å². The standard InChI is InChI=1S/C12H15N3O2S2/c1-9-7-14-12(18-9)8-15-19(16,17)11-5-3-2-4-10(11)6-13/h2-5,7,15H,6,8,13H2,1H3. The van der Waals surface area contributed by atoms with Crippen LogP contribution in [-0.4, -0.2) is 13.4 Å². The number of nitrogens with one attached hydrogen (secondary N) is 1. The first-order chi connectivity index (χ1) is 9.03. The summed E-state index contributed by atoms with van der Waals surface area (Å²) in [7, 11) is -3.56. The Morgan fingerprint density at radius 3 is 2.74 bits per heavy atom. The molecule has 1 aromatic heterocycles. The summed E-state index contributed by atoms with van der Waals surface area (Å²) in [6.45, 7) is 2.31. The number of hydrogen-bond donors (Lipinski definition) is 2. The molecule has 2 aromatic rings. The highest BCUT2D eigenvalue weighted by Gasteiger charge is 2.17. The average Bonchev–Trinajstić information content (AvgIpc) is 2.82. The van der Waals surface area contributed by atoms with Gasteiger partial charge >= 0.3 is 0 Å². The van der Waals surface area contributed by atoms with Crippen LogP contribution in [0.1, 0.15) is 15.4 Å². The topological polar surface area (TPSA) is 85.1 Å². The van der Waals surface area contributed by atoms with E-state index in [1.54, 1.807) is 30.5 Å². The third-order valence-electron chi connectivity index (χ3n) is 2.56. The summed E-state index contributed by atoms with van der Waals surface area (Å²) in [5.41, 5.74) is 6.16. The molecule has 1 heterocycles. The molecule has 0 aliphatic heterocycles. The second-order valence-corrected chi connectivity index (χ2v) is 7.06. The number of aromatic nitrogens is 1. The first-order valence-corrected chi connectivity index (χ1v) is 8.02. The quantitative estimate of drug-likeness (QED) is 0.873. The summed E-state index contributed by atoms with van der Waals surface area (Å²) in [6, 6.07) is 6.71. The fourth-order valence-electron chi connectivity index (χ4n) is 1.65. The van der Waals surface area contributed by atoms with E-state index < -0.39 is 10.0 Å². The zero-order valence-electron chi connectivity index (χ0n) is 10.5. The van der Waals surface area contributed by atoms with Crippen molar-refractivity contribution in [2.24, 2.45) is 5.73 Å². The molecular weight excluding hydrogens is 282 g/mol. The molecular formula is C12H15N3O2S2. The predicted molar refractivity (Wildman–Crippen MR) is 75.2 cm³/mol. The van der Waals surface area contributed by atoms with Gasteiger partial charge in [-0.3, -0.25) is 0 Å². The van der Waals surface area contributed by atoms with Crippen molar-refractivity contribution < 1.29 is 8.42 Å². The van der Waals surface area contributed by atoms with E-state index in [1.807, 2.05) is 6.92 Å². The van der Waals surface area contributed by atoms with Gasteiger partial charge in [0.15, 0.2) is 0 Å². The highest BCUT2D eigenvalue weighted by atomic mass is 32.2. The molecule has 2 rings (SSSR count). The van der Waals surface area contributed by atoms with Gasteiger partial charge in [-0.25, -0.2) is 18.1 Å². The van der Waals surface area contributed by atoms with Crippen LogP contribution in [0.3, 0.4) is 0 Å². The summed E-state index contributed by atoms with van der Waals surface area (Å²) in [5, 5.41) is 0.742. The highest BCUT2D eigenvalue weighted by molar-refractivity contribution is 7.89. The molecule has 0 atom stereocenters. The molecule has 0 aliphatic carbocycles. The maximum atomic E-state index is 12.2. The number of nitrogens with zero attached hydrogens (tertiary/aromatic N) is 1. The minimum Gasteiger partial charge on any atom is -0.326 e. The molecule has 19 heavy (non-hydrogen) atoms. The Kier molecular flexibility index (Phi) is 4.31. The Morgan fingerprint density at radius 1 is 1.37 bits per heavy atom. The first-order valence-electron chi connectivity index (χ1n) is 5.72. The van der Waals surface area contributed by atoms with Crippen molar-refractivity contribution in [3.8, 4) is 0 Å². The largest absolute Gasteiger partial charge is 0.326 e. The van der Waals surface area contributed by atoms with Gasteiger partial charge in [-0.1, -0.05) is 18.2 Å². The Hall–Kier alpha value is -1.28. The Balaban J connectivity index is 2.18. The van der Waals surface area contributed by atoms with Crippen LogP contribution in [0.5, 0.6) is 0 Å². The van der Waals surface area contributed by atoms with Crippen LogP contribution in [0, 0.1) is 6.92 Å². The molecule has 7 heteroatoms. The SMILES string of the molecule is Cc1cnc(CNS(=O)(=O)c2ccccc2CN)s1. The lowest BCUT2D eigenvalue weighted by molar-refractivity contribution is 0.580. The van der Waals surface area contributed by atoms with Gasteiger partial charge in [0.2, 0.25) is 10.0 Å². The van der Waals surface area contributed by atoms with Gasteiger partial charge in [-0.15, -0.1) is 11.3 Å². The minimum atomic E-state index is -3.56. The average molecular weight is 297 g/mol. The van der Waals surface area contributed by atoms with Crippen LogP contribution < -0.4 is 10.5 Å². The van der Waals surface area contributed by atoms with Gasteiger partial charge in [0, 0.05) is 17.6 Å². The zero-order valence-corrected chi connectivity index (χ0v) is 12.1. The van der Waals surface area contributed by atoms with E-state index in [-0.39, 0.29) is 18.0 Å². The van der Waals surface area contributed by atoms with Gasteiger partial charge in [-0.05, 0) is 18.6 Å². The molecule has 0 fully saturated rings. The molecule has 0 unspecified atom stereocenters. The molecule has 0 amide bonds. The molecule has 0 bridgehead atoms. The molecule has 102 valence electrons. The van der Waals surface area contributed by atoms with Crippen molar-refractivity contribution >= 4 is 21.4 Å². The van der Waals surface area contributed by atoms with E-state index in [2.05, 4.69) is 9.71 Å². The summed E-state index contributed by atoms with van der Waals surface area (Å²) in [5.74, 6) is 0. The fraction of sp³-hybridized carbons (Fsp3) is 0.250. The number of benzene rings is 1. The molecule has 0 spiro atoms. The molecule has 0 saturated heterocycles. The number of nitrogens with two attached hydrogens (primary N) is 1. The molecule has 5 nitrogen and oxygen atoms in total. The monoisotopic (exact) mass is 297 g/mol. The summed E-state index contributed by atoms with van der Waals surface area (Å²) in [6.07, 6.45) is 1.72. The number of thiazole rings is 1. The Bertz CT molecular complexity index is 665. The van der Waals surface area contributed by atoms with Gasteiger partial charge in [-0.2, -0.15) is 0 Å². The van der Waals surface area contributed by atoms with E-state index >= 15 is 0 Å². The third kappa shape index (κ3) is 3.38. The van der Waals surface area contributed by atoms with Crippen molar-refractivity contribution in [3.63, 3.8) is 0 Å². The highest BCUT2D eigenvalue weighted by Crippen LogP contribution is 2.16. The molecule has 0 saturated carbocycles. The maximum Gasteiger partial charge on any atom is 0.241 e. The van der Waals surface area contributed by atoms with Crippen molar-refractivity contribution in [2.45, 2.75) is 24.9 Å². The summed E-state index contributed by atoms with van der Waals surface area (Å²) >= 11 is 1.47. The van der Waals surface area contributed by atoms with E-state index in [9.17, 15) is 8.42 Å². The van der Waals surface area contributed by atoms with Crippen LogP contribution in [-0.2, 0) is 23.1 Å². The van der Waals surface area contributed by atoms with Crippen molar-refractivity contribution in [3.05, 3.63) is 45.9 Å². The smallest absolute Gasteiger partial charge is 0.241 e. The Morgan fingerprint density at radius 2 is 2.11 bits per heavy atom. The second-order valence-electron chi connectivity index (χ2n) is 4.00. The summed E-state index contributed by atoms with van der Waals surface area (Å²) < 4.78 is 26.9. The normalized spacial score (nSPS) is 11.7. The van der Waals surface area contributed by atoms with E-state index in [1.165, 1.54) is 11.3 Å². The first kappa shape index (κ1) is 14.1. The van der Waals surface area contributed by atoms with Crippen molar-refractivity contribution in [1.82, 2.24) is 9.71 Å². The van der Waals surface area contributed by atoms with Crippen LogP contribution in [0.15, 0.2) is 35.4 Å². The lowest BCUT2D eigenvalue weighted by atomic mass is 10.2. The number of hydrogen-bond acceptors (Lipinski definition) is 5. The number of aryl methyl sites for hydroxylation is 1. The number of rotatable bonds is 5. The number of sulfonamides is 1. The fourth-order valence-corrected chi connectivity index (χ4v) is 3.71. The predicted octanol–water partition coefficient (Wildman–Crippen LogP) is 1.39. The van der Waals surface area contributed by atoms with E-state index in [4.69, 9.17) is 5.73 Å². The third-order valence-corrected chi connectivity index (χ3v) is 4.98. The molecule has 0 aliphatic rings. The van der Waals surface area contributed by atoms with Gasteiger partial charge in [0.05, 0.1) is 11.4 Å². The van der Waals surface area contributed by atoms with E-state index in [0.717, 1.165) is 9.88 Å².